The number of methoxy groups -OCH3 is 1. The molecule has 0 fully saturated rings. The van der Waals surface area contributed by atoms with Crippen LogP contribution in [0.5, 0.6) is 17.4 Å². The van der Waals surface area contributed by atoms with Crippen molar-refractivity contribution in [1.82, 2.24) is 4.98 Å². The molecule has 0 atom stereocenters. The zero-order chi connectivity index (χ0) is 14.8. The summed E-state index contributed by atoms with van der Waals surface area (Å²) in [6.07, 6.45) is 3.03. The van der Waals surface area contributed by atoms with Crippen molar-refractivity contribution < 1.29 is 9.47 Å². The first-order chi connectivity index (χ1) is 10.2. The molecule has 0 radical (unpaired) electrons. The zero-order valence-electron chi connectivity index (χ0n) is 12.1. The van der Waals surface area contributed by atoms with Crippen LogP contribution in [0.15, 0.2) is 24.3 Å². The SMILES string of the molecule is COc1cc(C)ccc1Oc1nc2c(cc1C#N)CCC2. The Hall–Kier alpha value is -2.54. The molecule has 1 aromatic heterocycles. The standard InChI is InChI=1S/C17H16N2O2/c1-11-6-7-15(16(8-11)20-2)21-17-13(10-18)9-12-4-3-5-14(12)19-17/h6-9H,3-5H2,1-2H3. The normalized spacial score (nSPS) is 12.6. The molecule has 1 aliphatic carbocycles. The first-order valence-corrected chi connectivity index (χ1v) is 6.96. The van der Waals surface area contributed by atoms with E-state index in [1.807, 2.05) is 31.2 Å². The number of benzene rings is 1. The largest absolute Gasteiger partial charge is 0.493 e. The molecule has 21 heavy (non-hydrogen) atoms. The lowest BCUT2D eigenvalue weighted by Crippen LogP contribution is -1.98. The number of ether oxygens (including phenoxy) is 2. The maximum absolute atomic E-state index is 9.30. The van der Waals surface area contributed by atoms with Crippen molar-refractivity contribution in [2.45, 2.75) is 26.2 Å². The fourth-order valence-corrected chi connectivity index (χ4v) is 2.57. The summed E-state index contributed by atoms with van der Waals surface area (Å²) < 4.78 is 11.2. The Balaban J connectivity index is 2.00. The molecule has 1 aromatic carbocycles. The molecule has 106 valence electrons. The first-order valence-electron chi connectivity index (χ1n) is 6.96. The van der Waals surface area contributed by atoms with Gasteiger partial charge in [0.15, 0.2) is 11.5 Å². The molecule has 1 aliphatic rings. The Morgan fingerprint density at radius 1 is 1.19 bits per heavy atom. The first kappa shape index (κ1) is 13.4. The van der Waals surface area contributed by atoms with Crippen molar-refractivity contribution in [3.8, 4) is 23.4 Å². The lowest BCUT2D eigenvalue weighted by molar-refractivity contribution is 0.373. The molecule has 1 heterocycles. The zero-order valence-corrected chi connectivity index (χ0v) is 12.1. The van der Waals surface area contributed by atoms with Crippen LogP contribution < -0.4 is 9.47 Å². The van der Waals surface area contributed by atoms with E-state index in [0.717, 1.165) is 36.1 Å². The lowest BCUT2D eigenvalue weighted by Gasteiger charge is -2.12. The van der Waals surface area contributed by atoms with E-state index in [4.69, 9.17) is 9.47 Å². The average molecular weight is 280 g/mol. The number of fused-ring (bicyclic) bond motifs is 1. The minimum atomic E-state index is 0.361. The Morgan fingerprint density at radius 3 is 2.81 bits per heavy atom. The number of nitrogens with zero attached hydrogens (tertiary/aromatic N) is 2. The van der Waals surface area contributed by atoms with Crippen LogP contribution in [0.25, 0.3) is 0 Å². The van der Waals surface area contributed by atoms with Gasteiger partial charge in [-0.1, -0.05) is 6.07 Å². The minimum absolute atomic E-state index is 0.361. The van der Waals surface area contributed by atoms with Gasteiger partial charge in [0, 0.05) is 5.69 Å². The smallest absolute Gasteiger partial charge is 0.237 e. The number of hydrogen-bond donors (Lipinski definition) is 0. The van der Waals surface area contributed by atoms with Gasteiger partial charge in [-0.25, -0.2) is 4.98 Å². The highest BCUT2D eigenvalue weighted by molar-refractivity contribution is 5.49. The van der Waals surface area contributed by atoms with Crippen LogP contribution in [0.1, 0.15) is 28.8 Å². The van der Waals surface area contributed by atoms with E-state index >= 15 is 0 Å². The summed E-state index contributed by atoms with van der Waals surface area (Å²) in [4.78, 5) is 4.52. The van der Waals surface area contributed by atoms with E-state index in [2.05, 4.69) is 11.1 Å². The Labute approximate surface area is 124 Å². The summed E-state index contributed by atoms with van der Waals surface area (Å²) in [6, 6.07) is 9.74. The van der Waals surface area contributed by atoms with Gasteiger partial charge in [0.1, 0.15) is 11.6 Å². The molecule has 0 bridgehead atoms. The van der Waals surface area contributed by atoms with Crippen LogP contribution in [0.2, 0.25) is 0 Å². The molecule has 0 aliphatic heterocycles. The predicted molar refractivity (Wildman–Crippen MR) is 78.8 cm³/mol. The van der Waals surface area contributed by atoms with E-state index in [1.165, 1.54) is 0 Å². The maximum Gasteiger partial charge on any atom is 0.237 e. The molecular weight excluding hydrogens is 264 g/mol. The highest BCUT2D eigenvalue weighted by Crippen LogP contribution is 2.34. The van der Waals surface area contributed by atoms with Crippen molar-refractivity contribution >= 4 is 0 Å². The number of rotatable bonds is 3. The molecule has 4 nitrogen and oxygen atoms in total. The molecule has 0 spiro atoms. The Kier molecular flexibility index (Phi) is 3.49. The van der Waals surface area contributed by atoms with Gasteiger partial charge in [-0.15, -0.1) is 0 Å². The summed E-state index contributed by atoms with van der Waals surface area (Å²) in [7, 11) is 1.60. The summed E-state index contributed by atoms with van der Waals surface area (Å²) >= 11 is 0. The van der Waals surface area contributed by atoms with Crippen LogP contribution in [0, 0.1) is 18.3 Å². The van der Waals surface area contributed by atoms with Gasteiger partial charge in [-0.05, 0) is 55.5 Å². The van der Waals surface area contributed by atoms with Crippen molar-refractivity contribution in [3.05, 3.63) is 46.6 Å². The molecular formula is C17H16N2O2. The number of pyridine rings is 1. The summed E-state index contributed by atoms with van der Waals surface area (Å²) in [5, 5.41) is 9.30. The molecule has 0 saturated heterocycles. The quantitative estimate of drug-likeness (QED) is 0.862. The van der Waals surface area contributed by atoms with Crippen molar-refractivity contribution in [2.24, 2.45) is 0 Å². The third-order valence-corrected chi connectivity index (χ3v) is 3.66. The Morgan fingerprint density at radius 2 is 2.05 bits per heavy atom. The summed E-state index contributed by atoms with van der Waals surface area (Å²) in [5.74, 6) is 1.58. The second kappa shape index (κ2) is 5.45. The lowest BCUT2D eigenvalue weighted by atomic mass is 10.1. The third-order valence-electron chi connectivity index (χ3n) is 3.66. The van der Waals surface area contributed by atoms with E-state index < -0.39 is 0 Å². The van der Waals surface area contributed by atoms with E-state index in [9.17, 15) is 5.26 Å². The molecule has 0 N–H and O–H groups in total. The topological polar surface area (TPSA) is 55.1 Å². The highest BCUT2D eigenvalue weighted by Gasteiger charge is 2.18. The van der Waals surface area contributed by atoms with Crippen LogP contribution >= 0.6 is 0 Å². The number of aryl methyl sites for hydroxylation is 3. The molecule has 0 amide bonds. The van der Waals surface area contributed by atoms with Gasteiger partial charge in [-0.3, -0.25) is 0 Å². The molecule has 4 heteroatoms. The second-order valence-corrected chi connectivity index (χ2v) is 5.17. The fourth-order valence-electron chi connectivity index (χ4n) is 2.57. The van der Waals surface area contributed by atoms with Gasteiger partial charge in [0.05, 0.1) is 7.11 Å². The molecule has 2 aromatic rings. The summed E-state index contributed by atoms with van der Waals surface area (Å²) in [6.45, 7) is 1.99. The third kappa shape index (κ3) is 2.55. The number of nitriles is 1. The van der Waals surface area contributed by atoms with E-state index in [0.29, 0.717) is 22.9 Å². The predicted octanol–water partition coefficient (Wildman–Crippen LogP) is 3.55. The van der Waals surface area contributed by atoms with E-state index in [1.54, 1.807) is 7.11 Å². The van der Waals surface area contributed by atoms with Crippen LogP contribution in [0.3, 0.4) is 0 Å². The van der Waals surface area contributed by atoms with Gasteiger partial charge in [0.2, 0.25) is 5.88 Å². The second-order valence-electron chi connectivity index (χ2n) is 5.17. The van der Waals surface area contributed by atoms with Gasteiger partial charge in [0.25, 0.3) is 0 Å². The summed E-state index contributed by atoms with van der Waals surface area (Å²) in [5.41, 5.74) is 3.75. The molecule has 3 rings (SSSR count). The highest BCUT2D eigenvalue weighted by atomic mass is 16.5. The van der Waals surface area contributed by atoms with Crippen LogP contribution in [-0.2, 0) is 12.8 Å². The number of aromatic nitrogens is 1. The van der Waals surface area contributed by atoms with Gasteiger partial charge in [-0.2, -0.15) is 5.26 Å². The van der Waals surface area contributed by atoms with Crippen molar-refractivity contribution in [3.63, 3.8) is 0 Å². The van der Waals surface area contributed by atoms with Gasteiger partial charge < -0.3 is 9.47 Å². The average Bonchev–Trinajstić information content (AvgIpc) is 2.95. The van der Waals surface area contributed by atoms with Crippen molar-refractivity contribution in [1.29, 1.82) is 5.26 Å². The number of hydrogen-bond acceptors (Lipinski definition) is 4. The minimum Gasteiger partial charge on any atom is -0.493 e. The molecule has 0 saturated carbocycles. The van der Waals surface area contributed by atoms with E-state index in [-0.39, 0.29) is 0 Å². The Bertz CT molecular complexity index is 732. The van der Waals surface area contributed by atoms with Gasteiger partial charge >= 0.3 is 0 Å². The monoisotopic (exact) mass is 280 g/mol. The van der Waals surface area contributed by atoms with Crippen LogP contribution in [-0.4, -0.2) is 12.1 Å². The van der Waals surface area contributed by atoms with Crippen molar-refractivity contribution in [2.75, 3.05) is 7.11 Å². The van der Waals surface area contributed by atoms with Crippen LogP contribution in [0.4, 0.5) is 0 Å². The fraction of sp³-hybridized carbons (Fsp3) is 0.294. The molecule has 0 unspecified atom stereocenters. The maximum atomic E-state index is 9.30.